The molecule has 1 saturated heterocycles. The number of carbonyl (C=O) groups is 2. The summed E-state index contributed by atoms with van der Waals surface area (Å²) in [6.45, 7) is -0.482. The van der Waals surface area contributed by atoms with E-state index in [9.17, 15) is 19.7 Å². The molecule has 24 heavy (non-hydrogen) atoms. The lowest BCUT2D eigenvalue weighted by atomic mass is 10.2. The van der Waals surface area contributed by atoms with Crippen molar-refractivity contribution in [1.29, 1.82) is 0 Å². The SMILES string of the molecule is O=C(O)CN1C(=O)/C(=C\C=C\c2ccc(Br)c([N+](=O)[O-])c2)SC1=S. The number of rotatable bonds is 5. The van der Waals surface area contributed by atoms with Gasteiger partial charge in [-0.2, -0.15) is 0 Å². The van der Waals surface area contributed by atoms with Crippen LogP contribution in [0.25, 0.3) is 6.08 Å². The van der Waals surface area contributed by atoms with Crippen LogP contribution in [-0.4, -0.2) is 37.7 Å². The zero-order valence-corrected chi connectivity index (χ0v) is 15.1. The lowest BCUT2D eigenvalue weighted by molar-refractivity contribution is -0.385. The van der Waals surface area contributed by atoms with Crippen LogP contribution in [0, 0.1) is 10.1 Å². The number of thiocarbonyl (C=S) groups is 1. The summed E-state index contributed by atoms with van der Waals surface area (Å²) in [5.74, 6) is -1.62. The number of carboxylic acid groups (broad SMARTS) is 1. The first-order chi connectivity index (χ1) is 11.3. The van der Waals surface area contributed by atoms with Crippen LogP contribution in [-0.2, 0) is 9.59 Å². The molecule has 10 heteroatoms. The van der Waals surface area contributed by atoms with Gasteiger partial charge in [-0.25, -0.2) is 0 Å². The Morgan fingerprint density at radius 2 is 2.21 bits per heavy atom. The van der Waals surface area contributed by atoms with Crippen molar-refractivity contribution in [2.24, 2.45) is 0 Å². The van der Waals surface area contributed by atoms with Crippen LogP contribution in [0.5, 0.6) is 0 Å². The lowest BCUT2D eigenvalue weighted by Gasteiger charge is -2.09. The Kier molecular flexibility index (Phi) is 5.86. The van der Waals surface area contributed by atoms with Gasteiger partial charge in [-0.3, -0.25) is 24.6 Å². The molecule has 1 amide bonds. The number of aliphatic carboxylic acids is 1. The Balaban J connectivity index is 2.16. The minimum absolute atomic E-state index is 0.0649. The number of carboxylic acids is 1. The number of nitro groups is 1. The summed E-state index contributed by atoms with van der Waals surface area (Å²) in [5.41, 5.74) is 0.520. The Hall–Kier alpha value is -2.04. The number of benzene rings is 1. The van der Waals surface area contributed by atoms with Crippen molar-refractivity contribution in [2.75, 3.05) is 6.54 Å². The van der Waals surface area contributed by atoms with Gasteiger partial charge < -0.3 is 5.11 Å². The second-order valence-electron chi connectivity index (χ2n) is 4.51. The van der Waals surface area contributed by atoms with Crippen LogP contribution in [0.15, 0.2) is 39.7 Å². The number of allylic oxidation sites excluding steroid dienone is 2. The van der Waals surface area contributed by atoms with Gasteiger partial charge in [0, 0.05) is 6.07 Å². The average molecular weight is 429 g/mol. The molecule has 0 aliphatic carbocycles. The number of hydrogen-bond donors (Lipinski definition) is 1. The third-order valence-electron chi connectivity index (χ3n) is 2.87. The zero-order valence-electron chi connectivity index (χ0n) is 11.8. The Morgan fingerprint density at radius 1 is 1.50 bits per heavy atom. The fraction of sp³-hybridized carbons (Fsp3) is 0.0714. The summed E-state index contributed by atoms with van der Waals surface area (Å²) in [4.78, 5) is 34.4. The predicted molar refractivity (Wildman–Crippen MR) is 97.5 cm³/mol. The third kappa shape index (κ3) is 4.28. The van der Waals surface area contributed by atoms with Gasteiger partial charge in [0.1, 0.15) is 10.9 Å². The zero-order chi connectivity index (χ0) is 17.9. The summed E-state index contributed by atoms with van der Waals surface area (Å²) in [6.07, 6.45) is 4.65. The molecule has 0 saturated carbocycles. The molecule has 1 aromatic rings. The molecule has 1 aromatic carbocycles. The van der Waals surface area contributed by atoms with Crippen LogP contribution in [0.1, 0.15) is 5.56 Å². The lowest BCUT2D eigenvalue weighted by Crippen LogP contribution is -2.33. The van der Waals surface area contributed by atoms with Gasteiger partial charge in [-0.05, 0) is 33.6 Å². The van der Waals surface area contributed by atoms with E-state index < -0.39 is 23.3 Å². The van der Waals surface area contributed by atoms with E-state index >= 15 is 0 Å². The van der Waals surface area contributed by atoms with E-state index in [1.165, 1.54) is 12.1 Å². The van der Waals surface area contributed by atoms with Crippen LogP contribution in [0.3, 0.4) is 0 Å². The standard InChI is InChI=1S/C14H9BrN2O5S2/c15-9-5-4-8(6-10(9)17(21)22)2-1-3-11-13(20)16(7-12(18)19)14(23)24-11/h1-6H,7H2,(H,18,19)/b2-1+,11-3+. The van der Waals surface area contributed by atoms with Crippen LogP contribution < -0.4 is 0 Å². The number of nitrogens with zero attached hydrogens (tertiary/aromatic N) is 2. The molecule has 0 unspecified atom stereocenters. The van der Waals surface area contributed by atoms with Gasteiger partial charge in [0.15, 0.2) is 0 Å². The highest BCUT2D eigenvalue weighted by Gasteiger charge is 2.32. The molecule has 1 aliphatic heterocycles. The molecule has 1 fully saturated rings. The van der Waals surface area contributed by atoms with Crippen molar-refractivity contribution in [3.63, 3.8) is 0 Å². The minimum Gasteiger partial charge on any atom is -0.480 e. The topological polar surface area (TPSA) is 101 Å². The molecule has 0 bridgehead atoms. The van der Waals surface area contributed by atoms with Gasteiger partial charge in [-0.15, -0.1) is 0 Å². The van der Waals surface area contributed by atoms with E-state index in [1.807, 2.05) is 0 Å². The third-order valence-corrected chi connectivity index (χ3v) is 4.94. The molecule has 2 rings (SSSR count). The quantitative estimate of drug-likeness (QED) is 0.332. The highest BCUT2D eigenvalue weighted by atomic mass is 79.9. The second-order valence-corrected chi connectivity index (χ2v) is 7.04. The normalized spacial score (nSPS) is 16.4. The van der Waals surface area contributed by atoms with Crippen molar-refractivity contribution < 1.29 is 19.6 Å². The van der Waals surface area contributed by atoms with E-state index in [1.54, 1.807) is 24.3 Å². The minimum atomic E-state index is -1.15. The number of hydrogen-bond acceptors (Lipinski definition) is 6. The van der Waals surface area contributed by atoms with E-state index in [4.69, 9.17) is 17.3 Å². The van der Waals surface area contributed by atoms with Gasteiger partial charge >= 0.3 is 5.97 Å². The number of nitro benzene ring substituents is 1. The molecule has 0 spiro atoms. The number of thioether (sulfide) groups is 1. The van der Waals surface area contributed by atoms with Gasteiger partial charge in [-0.1, -0.05) is 42.2 Å². The second kappa shape index (κ2) is 7.69. The van der Waals surface area contributed by atoms with E-state index in [-0.39, 0.29) is 10.0 Å². The molecular formula is C14H9BrN2O5S2. The molecule has 124 valence electrons. The first-order valence-electron chi connectivity index (χ1n) is 6.37. The maximum atomic E-state index is 12.0. The first kappa shape index (κ1) is 18.3. The molecule has 1 N–H and O–H groups in total. The molecule has 0 radical (unpaired) electrons. The molecule has 1 heterocycles. The molecular weight excluding hydrogens is 420 g/mol. The number of halogens is 1. The van der Waals surface area contributed by atoms with Crippen LogP contribution >= 0.6 is 39.9 Å². The highest BCUT2D eigenvalue weighted by molar-refractivity contribution is 9.10. The van der Waals surface area contributed by atoms with Gasteiger partial charge in [0.25, 0.3) is 11.6 Å². The van der Waals surface area contributed by atoms with Crippen molar-refractivity contribution in [1.82, 2.24) is 4.90 Å². The highest BCUT2D eigenvalue weighted by Crippen LogP contribution is 2.31. The summed E-state index contributed by atoms with van der Waals surface area (Å²) < 4.78 is 0.556. The summed E-state index contributed by atoms with van der Waals surface area (Å²) in [7, 11) is 0. The first-order valence-corrected chi connectivity index (χ1v) is 8.39. The largest absolute Gasteiger partial charge is 0.480 e. The molecule has 0 atom stereocenters. The van der Waals surface area contributed by atoms with Crippen molar-refractivity contribution in [3.8, 4) is 0 Å². The number of carbonyl (C=O) groups excluding carboxylic acids is 1. The predicted octanol–water partition coefficient (Wildman–Crippen LogP) is 3.20. The Bertz CT molecular complexity index is 806. The summed E-state index contributed by atoms with van der Waals surface area (Å²) >= 11 is 9.08. The maximum absolute atomic E-state index is 12.0. The smallest absolute Gasteiger partial charge is 0.323 e. The fourth-order valence-corrected chi connectivity index (χ4v) is 3.40. The van der Waals surface area contributed by atoms with Crippen LogP contribution in [0.4, 0.5) is 5.69 Å². The van der Waals surface area contributed by atoms with E-state index in [0.29, 0.717) is 14.9 Å². The van der Waals surface area contributed by atoms with Gasteiger partial charge in [0.05, 0.1) is 14.3 Å². The van der Waals surface area contributed by atoms with Crippen LogP contribution in [0.2, 0.25) is 0 Å². The van der Waals surface area contributed by atoms with E-state index in [0.717, 1.165) is 16.7 Å². The summed E-state index contributed by atoms with van der Waals surface area (Å²) in [5, 5.41) is 19.6. The van der Waals surface area contributed by atoms with Crippen molar-refractivity contribution in [3.05, 3.63) is 55.4 Å². The maximum Gasteiger partial charge on any atom is 0.323 e. The van der Waals surface area contributed by atoms with Crippen molar-refractivity contribution in [2.45, 2.75) is 0 Å². The number of amides is 1. The average Bonchev–Trinajstić information content (AvgIpc) is 2.76. The monoisotopic (exact) mass is 428 g/mol. The van der Waals surface area contributed by atoms with Crippen molar-refractivity contribution >= 4 is 67.9 Å². The molecule has 0 aromatic heterocycles. The summed E-state index contributed by atoms with van der Waals surface area (Å²) in [6, 6.07) is 4.63. The molecule has 1 aliphatic rings. The van der Waals surface area contributed by atoms with Gasteiger partial charge in [0.2, 0.25) is 0 Å². The molecule has 7 nitrogen and oxygen atoms in total. The Morgan fingerprint density at radius 3 is 2.83 bits per heavy atom. The van der Waals surface area contributed by atoms with E-state index in [2.05, 4.69) is 15.9 Å². The Labute approximate surface area is 154 Å². The fourth-order valence-electron chi connectivity index (χ4n) is 1.81.